The monoisotopic (exact) mass is 307 g/mol. The van der Waals surface area contributed by atoms with Gasteiger partial charge in [-0.1, -0.05) is 6.04 Å². The highest BCUT2D eigenvalue weighted by Crippen LogP contribution is 2.21. The molecule has 2 aromatic rings. The maximum Gasteiger partial charge on any atom is 0.215 e. The summed E-state index contributed by atoms with van der Waals surface area (Å²) in [5.74, 6) is 0. The molecule has 0 atom stereocenters. The summed E-state index contributed by atoms with van der Waals surface area (Å²) >= 11 is 0. The lowest BCUT2D eigenvalue weighted by Gasteiger charge is -2.08. The van der Waals surface area contributed by atoms with Gasteiger partial charge in [0.05, 0.1) is 9.82 Å². The van der Waals surface area contributed by atoms with Gasteiger partial charge in [0.2, 0.25) is 10.0 Å². The van der Waals surface area contributed by atoms with Crippen LogP contribution in [0.2, 0.25) is 2.82 Å². The van der Waals surface area contributed by atoms with Crippen molar-refractivity contribution in [3.05, 3.63) is 35.5 Å². The van der Waals surface area contributed by atoms with E-state index < -0.39 is 68.4 Å². The van der Waals surface area contributed by atoms with Crippen molar-refractivity contribution in [2.24, 2.45) is 0 Å². The number of hydrogen-bond donors (Lipinski definition) is 2. The summed E-state index contributed by atoms with van der Waals surface area (Å²) in [6.45, 7) is -3.81. The van der Waals surface area contributed by atoms with Crippen LogP contribution in [0.15, 0.2) is 24.3 Å². The molecule has 2 N–H and O–H groups in total. The van der Waals surface area contributed by atoms with Crippen molar-refractivity contribution in [2.45, 2.75) is 12.1 Å². The van der Waals surface area contributed by atoms with Gasteiger partial charge in [-0.15, -0.1) is 0 Å². The first-order valence-electron chi connectivity index (χ1n) is 11.4. The van der Waals surface area contributed by atoms with Crippen LogP contribution in [0, 0.1) is 0 Å². The second-order valence-electron chi connectivity index (χ2n) is 4.23. The molecule has 0 fully saturated rings. The van der Waals surface area contributed by atoms with E-state index in [0.717, 1.165) is 6.20 Å². The van der Waals surface area contributed by atoms with E-state index in [9.17, 15) is 8.42 Å². The number of aromatic nitrogens is 1. The predicted molar refractivity (Wildman–Crippen MR) is 82.2 cm³/mol. The molecular weight excluding hydrogens is 274 g/mol. The van der Waals surface area contributed by atoms with E-state index >= 15 is 0 Å². The lowest BCUT2D eigenvalue weighted by atomic mass is 10.1. The first kappa shape index (κ1) is 5.79. The Morgan fingerprint density at radius 3 is 3.10 bits per heavy atom. The minimum Gasteiger partial charge on any atom is -0.361 e. The van der Waals surface area contributed by atoms with Crippen LogP contribution >= 0.6 is 0 Å². The SMILES string of the molecule is [2H]c1c(C([2H])([2H])S(=O)(=O)N([2H])C([2H])([2H])[2H])c([2H])c2c(C([2H])([2H])CN(C)C)cn([2H])c2c1[2H]. The van der Waals surface area contributed by atoms with Crippen molar-refractivity contribution in [3.8, 4) is 0 Å². The quantitative estimate of drug-likeness (QED) is 0.846. The Labute approximate surface area is 137 Å². The van der Waals surface area contributed by atoms with Gasteiger partial charge in [-0.25, -0.2) is 13.1 Å². The lowest BCUT2D eigenvalue weighted by molar-refractivity contribution is 0.414. The van der Waals surface area contributed by atoms with Crippen LogP contribution < -0.4 is 4.72 Å². The molecule has 110 valence electrons. The number of sulfonamides is 1. The topological polar surface area (TPSA) is 65.2 Å². The first-order valence-corrected chi connectivity index (χ1v) is 6.97. The summed E-state index contributed by atoms with van der Waals surface area (Å²) in [6, 6.07) is -2.93. The Morgan fingerprint density at radius 2 is 2.40 bits per heavy atom. The molecule has 0 aliphatic carbocycles. The van der Waals surface area contributed by atoms with Crippen molar-refractivity contribution in [2.75, 3.05) is 27.6 Å². The number of hydrogen-bond acceptors (Lipinski definition) is 3. The molecule has 0 spiro atoms. The Kier molecular flexibility index (Phi) is 1.72. The van der Waals surface area contributed by atoms with E-state index in [0.29, 0.717) is 4.98 Å². The number of nitrogens with zero attached hydrogens (tertiary/aromatic N) is 1. The van der Waals surface area contributed by atoms with Crippen LogP contribution in [0.5, 0.6) is 0 Å². The van der Waals surface area contributed by atoms with E-state index in [1.807, 2.05) is 0 Å². The molecule has 0 bridgehead atoms. The second-order valence-corrected chi connectivity index (χ2v) is 5.57. The maximum atomic E-state index is 12.6. The minimum absolute atomic E-state index is 0.235. The predicted octanol–water partition coefficient (Wildman–Crippen LogP) is 1.32. The van der Waals surface area contributed by atoms with Crippen molar-refractivity contribution in [3.63, 3.8) is 0 Å². The Morgan fingerprint density at radius 1 is 1.60 bits per heavy atom. The summed E-state index contributed by atoms with van der Waals surface area (Å²) in [4.78, 5) is 2.01. The summed E-state index contributed by atoms with van der Waals surface area (Å²) in [5, 5.41) is -0.452. The molecule has 0 saturated heterocycles. The molecule has 0 aliphatic heterocycles. The van der Waals surface area contributed by atoms with Crippen molar-refractivity contribution >= 4 is 20.9 Å². The van der Waals surface area contributed by atoms with Crippen LogP contribution in [0.4, 0.5) is 0 Å². The third kappa shape index (κ3) is 3.59. The molecule has 5 nitrogen and oxygen atoms in total. The number of rotatable bonds is 6. The average molecular weight is 307 g/mol. The van der Waals surface area contributed by atoms with E-state index in [4.69, 9.17) is 16.5 Å². The Hall–Kier alpha value is -1.37. The van der Waals surface area contributed by atoms with E-state index in [1.165, 1.54) is 4.90 Å². The van der Waals surface area contributed by atoms with Gasteiger partial charge in [0, 0.05) is 33.2 Å². The molecule has 0 saturated carbocycles. The molecule has 0 unspecified atom stereocenters. The zero-order valence-electron chi connectivity index (χ0n) is 22.9. The normalized spacial score (nSPS) is 23.4. The summed E-state index contributed by atoms with van der Waals surface area (Å²) < 4.78 is 119. The van der Waals surface area contributed by atoms with Crippen LogP contribution in [-0.4, -0.2) is 45.9 Å². The van der Waals surface area contributed by atoms with Crippen LogP contribution in [0.25, 0.3) is 10.9 Å². The van der Waals surface area contributed by atoms with Crippen molar-refractivity contribution in [1.29, 1.82) is 0 Å². The molecular formula is C14H21N3O2S. The zero-order chi connectivity index (χ0) is 25.2. The van der Waals surface area contributed by atoms with Gasteiger partial charge < -0.3 is 9.88 Å². The highest BCUT2D eigenvalue weighted by Gasteiger charge is 2.11. The minimum atomic E-state index is -5.65. The average Bonchev–Trinajstić information content (AvgIpc) is 2.95. The second kappa shape index (κ2) is 5.95. The molecule has 1 aromatic heterocycles. The molecule has 0 amide bonds. The fourth-order valence-corrected chi connectivity index (χ4v) is 1.87. The maximum absolute atomic E-state index is 12.6. The fourth-order valence-electron chi connectivity index (χ4n) is 1.47. The molecule has 0 radical (unpaired) electrons. The van der Waals surface area contributed by atoms with E-state index in [1.54, 1.807) is 14.1 Å². The van der Waals surface area contributed by atoms with Gasteiger partial charge in [-0.2, -0.15) is 0 Å². The third-order valence-corrected chi connectivity index (χ3v) is 3.02. The molecule has 0 aliphatic rings. The standard InChI is InChI=1S/C14H21N3O2S/c1-15-20(18,19)10-11-4-5-14-13(8-11)12(9-16-14)6-7-17(2)3/h4-5,8-9,15-16H,6-7,10H2,1-3H3/i1D3,4D,5D,6D2,8D,10D2/hD2. The molecule has 1 heterocycles. The number of fused-ring (bicyclic) bond motifs is 1. The van der Waals surface area contributed by atoms with Gasteiger partial charge in [0.25, 0.3) is 0 Å². The smallest absolute Gasteiger partial charge is 0.215 e. The number of aromatic amines is 1. The molecule has 2 rings (SSSR count). The van der Waals surface area contributed by atoms with E-state index in [-0.39, 0.29) is 12.1 Å². The summed E-state index contributed by atoms with van der Waals surface area (Å²) in [6.07, 6.45) is -1.26. The lowest BCUT2D eigenvalue weighted by Crippen LogP contribution is -2.20. The van der Waals surface area contributed by atoms with Crippen LogP contribution in [0.3, 0.4) is 0 Å². The third-order valence-electron chi connectivity index (χ3n) is 2.32. The Balaban J connectivity index is 2.98. The molecule has 20 heavy (non-hydrogen) atoms. The van der Waals surface area contributed by atoms with Gasteiger partial charge >= 0.3 is 0 Å². The first-order chi connectivity index (χ1) is 14.2. The number of benzene rings is 1. The largest absolute Gasteiger partial charge is 0.361 e. The summed E-state index contributed by atoms with van der Waals surface area (Å²) in [7, 11) is -2.53. The molecule has 1 aromatic carbocycles. The number of likely N-dealkylation sites (N-methyl/N-ethyl adjacent to an activating group) is 1. The van der Waals surface area contributed by atoms with Gasteiger partial charge in [0.15, 0.2) is 1.41 Å². The Bertz CT molecular complexity index is 1160. The fraction of sp³-hybridized carbons (Fsp3) is 0.429. The van der Waals surface area contributed by atoms with Crippen molar-refractivity contribution in [1.82, 2.24) is 14.6 Å². The number of H-pyrrole nitrogens is 1. The van der Waals surface area contributed by atoms with Crippen LogP contribution in [0.1, 0.15) is 24.8 Å². The zero-order valence-corrected chi connectivity index (χ0v) is 11.7. The van der Waals surface area contributed by atoms with Gasteiger partial charge in [-0.05, 0) is 50.7 Å². The van der Waals surface area contributed by atoms with Crippen molar-refractivity contribution < 1.29 is 24.9 Å². The van der Waals surface area contributed by atoms with Gasteiger partial charge in [-0.3, -0.25) is 0 Å². The van der Waals surface area contributed by atoms with Gasteiger partial charge in [0.1, 0.15) is 1.41 Å². The van der Waals surface area contributed by atoms with E-state index in [2.05, 4.69) is 0 Å². The highest BCUT2D eigenvalue weighted by molar-refractivity contribution is 7.88. The highest BCUT2D eigenvalue weighted by atomic mass is 32.2. The molecule has 6 heteroatoms. The summed E-state index contributed by atoms with van der Waals surface area (Å²) in [5.41, 5.74) is -5.72. The number of nitrogens with one attached hydrogen (secondary N) is 2. The van der Waals surface area contributed by atoms with Crippen LogP contribution in [-0.2, 0) is 22.1 Å².